The largest absolute Gasteiger partial charge is 0.485 e. The molecule has 0 aromatic heterocycles. The first-order valence-electron chi connectivity index (χ1n) is 8.32. The molecule has 0 radical (unpaired) electrons. The molecule has 1 saturated heterocycles. The fourth-order valence-corrected chi connectivity index (χ4v) is 3.33. The number of ether oxygens (including phenoxy) is 3. The van der Waals surface area contributed by atoms with Crippen LogP contribution in [0.2, 0.25) is 0 Å². The highest BCUT2D eigenvalue weighted by atomic mass is 35.5. The van der Waals surface area contributed by atoms with Crippen molar-refractivity contribution in [3.63, 3.8) is 0 Å². The van der Waals surface area contributed by atoms with Crippen LogP contribution in [-0.4, -0.2) is 19.9 Å². The van der Waals surface area contributed by atoms with Crippen LogP contribution in [0.4, 0.5) is 4.39 Å². The Morgan fingerprint density at radius 1 is 1.00 bits per heavy atom. The first-order valence-corrected chi connectivity index (χ1v) is 8.32. The third-order valence-electron chi connectivity index (χ3n) is 4.62. The molecule has 4 rings (SSSR count). The molecule has 2 heterocycles. The number of nitrogens with one attached hydrogen (secondary N) is 1. The molecule has 134 valence electrons. The van der Waals surface area contributed by atoms with Crippen LogP contribution >= 0.6 is 12.4 Å². The summed E-state index contributed by atoms with van der Waals surface area (Å²) in [6.45, 7) is 2.20. The van der Waals surface area contributed by atoms with E-state index in [-0.39, 0.29) is 31.1 Å². The summed E-state index contributed by atoms with van der Waals surface area (Å²) in [5.41, 5.74) is 1.00. The van der Waals surface area contributed by atoms with E-state index >= 15 is 0 Å². The molecule has 25 heavy (non-hydrogen) atoms. The van der Waals surface area contributed by atoms with Crippen LogP contribution in [0.15, 0.2) is 42.5 Å². The monoisotopic (exact) mass is 365 g/mol. The summed E-state index contributed by atoms with van der Waals surface area (Å²) < 4.78 is 30.4. The molecule has 1 N–H and O–H groups in total. The summed E-state index contributed by atoms with van der Waals surface area (Å²) in [4.78, 5) is 0. The minimum atomic E-state index is -0.231. The van der Waals surface area contributed by atoms with Gasteiger partial charge in [0.1, 0.15) is 17.7 Å². The Morgan fingerprint density at radius 2 is 1.72 bits per heavy atom. The number of hydrogen-bond acceptors (Lipinski definition) is 4. The maximum Gasteiger partial charge on any atom is 0.231 e. The van der Waals surface area contributed by atoms with Gasteiger partial charge in [0.25, 0.3) is 0 Å². The van der Waals surface area contributed by atoms with Gasteiger partial charge in [-0.25, -0.2) is 4.39 Å². The van der Waals surface area contributed by atoms with Crippen LogP contribution in [0.3, 0.4) is 0 Å². The predicted octanol–water partition coefficient (Wildman–Crippen LogP) is 4.10. The van der Waals surface area contributed by atoms with Crippen LogP contribution in [0.25, 0.3) is 0 Å². The predicted molar refractivity (Wildman–Crippen MR) is 95.2 cm³/mol. The molecule has 1 fully saturated rings. The normalized spacial score (nSPS) is 17.6. The van der Waals surface area contributed by atoms with Gasteiger partial charge in [0, 0.05) is 12.0 Å². The lowest BCUT2D eigenvalue weighted by atomic mass is 9.88. The van der Waals surface area contributed by atoms with Crippen LogP contribution in [0.5, 0.6) is 17.2 Å². The minimum Gasteiger partial charge on any atom is -0.485 e. The van der Waals surface area contributed by atoms with E-state index in [0.29, 0.717) is 11.7 Å². The molecule has 6 heteroatoms. The van der Waals surface area contributed by atoms with Crippen molar-refractivity contribution in [2.75, 3.05) is 19.9 Å². The lowest BCUT2D eigenvalue weighted by Gasteiger charge is -2.31. The Hall–Kier alpha value is -1.98. The SMILES string of the molecule is Cl.Fc1ccc(C(Oc2ccc3c(c2)OCO3)C2CCNCC2)cc1. The van der Waals surface area contributed by atoms with Crippen LogP contribution in [0.1, 0.15) is 24.5 Å². The summed E-state index contributed by atoms with van der Waals surface area (Å²) in [7, 11) is 0. The van der Waals surface area contributed by atoms with Gasteiger partial charge in [0.15, 0.2) is 11.5 Å². The number of piperidine rings is 1. The second kappa shape index (κ2) is 7.93. The topological polar surface area (TPSA) is 39.7 Å². The number of benzene rings is 2. The van der Waals surface area contributed by atoms with Crippen LogP contribution in [0, 0.1) is 11.7 Å². The zero-order valence-corrected chi connectivity index (χ0v) is 14.6. The second-order valence-electron chi connectivity index (χ2n) is 6.19. The maximum absolute atomic E-state index is 13.3. The van der Waals surface area contributed by atoms with Crippen molar-refractivity contribution < 1.29 is 18.6 Å². The van der Waals surface area contributed by atoms with Gasteiger partial charge < -0.3 is 19.5 Å². The second-order valence-corrected chi connectivity index (χ2v) is 6.19. The summed E-state index contributed by atoms with van der Waals surface area (Å²) >= 11 is 0. The summed E-state index contributed by atoms with van der Waals surface area (Å²) in [5.74, 6) is 2.35. The Bertz CT molecular complexity index is 704. The Balaban J connectivity index is 0.00000182. The molecule has 4 nitrogen and oxygen atoms in total. The molecule has 0 amide bonds. The van der Waals surface area contributed by atoms with E-state index in [9.17, 15) is 4.39 Å². The highest BCUT2D eigenvalue weighted by molar-refractivity contribution is 5.85. The molecule has 0 saturated carbocycles. The lowest BCUT2D eigenvalue weighted by molar-refractivity contribution is 0.112. The smallest absolute Gasteiger partial charge is 0.231 e. The van der Waals surface area contributed by atoms with Crippen molar-refractivity contribution in [3.8, 4) is 17.2 Å². The quantitative estimate of drug-likeness (QED) is 0.885. The first-order chi connectivity index (χ1) is 11.8. The summed E-state index contributed by atoms with van der Waals surface area (Å²) in [6, 6.07) is 12.2. The van der Waals surface area contributed by atoms with Crippen molar-refractivity contribution in [2.45, 2.75) is 18.9 Å². The molecule has 0 aliphatic carbocycles. The number of hydrogen-bond donors (Lipinski definition) is 1. The average molecular weight is 366 g/mol. The van der Waals surface area contributed by atoms with Crippen LogP contribution < -0.4 is 19.5 Å². The Kier molecular flexibility index (Phi) is 5.66. The van der Waals surface area contributed by atoms with Crippen molar-refractivity contribution in [1.82, 2.24) is 5.32 Å². The number of rotatable bonds is 4. The molecular formula is C19H21ClFNO3. The van der Waals surface area contributed by atoms with Crippen molar-refractivity contribution in [2.24, 2.45) is 5.92 Å². The average Bonchev–Trinajstić information content (AvgIpc) is 3.09. The summed E-state index contributed by atoms with van der Waals surface area (Å²) in [5, 5.41) is 3.38. The molecule has 2 aliphatic heterocycles. The summed E-state index contributed by atoms with van der Waals surface area (Å²) in [6.07, 6.45) is 1.97. The molecule has 2 aromatic carbocycles. The van der Waals surface area contributed by atoms with E-state index in [0.717, 1.165) is 43.0 Å². The maximum atomic E-state index is 13.3. The van der Waals surface area contributed by atoms with Gasteiger partial charge >= 0.3 is 0 Å². The highest BCUT2D eigenvalue weighted by Crippen LogP contribution is 2.39. The van der Waals surface area contributed by atoms with Crippen molar-refractivity contribution in [1.29, 1.82) is 0 Å². The van der Waals surface area contributed by atoms with Crippen molar-refractivity contribution >= 4 is 12.4 Å². The molecule has 1 unspecified atom stereocenters. The van der Waals surface area contributed by atoms with Crippen LogP contribution in [-0.2, 0) is 0 Å². The fourth-order valence-electron chi connectivity index (χ4n) is 3.33. The van der Waals surface area contributed by atoms with Gasteiger partial charge in [0.05, 0.1) is 0 Å². The van der Waals surface area contributed by atoms with Gasteiger partial charge in [-0.2, -0.15) is 0 Å². The van der Waals surface area contributed by atoms with Gasteiger partial charge in [-0.05, 0) is 55.8 Å². The molecule has 2 aliphatic rings. The number of halogens is 2. The van der Waals surface area contributed by atoms with Crippen molar-refractivity contribution in [3.05, 3.63) is 53.8 Å². The lowest BCUT2D eigenvalue weighted by Crippen LogP contribution is -2.32. The van der Waals surface area contributed by atoms with E-state index in [2.05, 4.69) is 5.32 Å². The van der Waals surface area contributed by atoms with Gasteiger partial charge in [-0.15, -0.1) is 12.4 Å². The van der Waals surface area contributed by atoms with Gasteiger partial charge in [-0.1, -0.05) is 12.1 Å². The van der Waals surface area contributed by atoms with Gasteiger partial charge in [-0.3, -0.25) is 0 Å². The fraction of sp³-hybridized carbons (Fsp3) is 0.368. The first kappa shape index (κ1) is 17.8. The third kappa shape index (κ3) is 3.99. The standard InChI is InChI=1S/C19H20FNO3.ClH/c20-15-3-1-13(2-4-15)19(14-7-9-21-10-8-14)24-16-5-6-17-18(11-16)23-12-22-17;/h1-6,11,14,19,21H,7-10,12H2;1H. The van der Waals surface area contributed by atoms with Gasteiger partial charge in [0.2, 0.25) is 6.79 Å². The van der Waals surface area contributed by atoms with E-state index in [1.54, 1.807) is 0 Å². The molecular weight excluding hydrogens is 345 g/mol. The third-order valence-corrected chi connectivity index (χ3v) is 4.62. The van der Waals surface area contributed by atoms with E-state index < -0.39 is 0 Å². The Labute approximate surface area is 152 Å². The van der Waals surface area contributed by atoms with E-state index in [1.165, 1.54) is 12.1 Å². The number of fused-ring (bicyclic) bond motifs is 1. The molecule has 0 spiro atoms. The Morgan fingerprint density at radius 3 is 2.48 bits per heavy atom. The molecule has 0 bridgehead atoms. The minimum absolute atomic E-state index is 0. The molecule has 2 aromatic rings. The van der Waals surface area contributed by atoms with E-state index in [4.69, 9.17) is 14.2 Å². The molecule has 1 atom stereocenters. The zero-order chi connectivity index (χ0) is 16.4. The zero-order valence-electron chi connectivity index (χ0n) is 13.7. The highest BCUT2D eigenvalue weighted by Gasteiger charge is 2.27. The van der Waals surface area contributed by atoms with E-state index in [1.807, 2.05) is 30.3 Å².